The van der Waals surface area contributed by atoms with Gasteiger partial charge in [-0.1, -0.05) is 0 Å². The van der Waals surface area contributed by atoms with E-state index in [9.17, 15) is 9.18 Å². The predicted molar refractivity (Wildman–Crippen MR) is 94.8 cm³/mol. The minimum Gasteiger partial charge on any atom is -0.439 e. The van der Waals surface area contributed by atoms with E-state index >= 15 is 0 Å². The van der Waals surface area contributed by atoms with Gasteiger partial charge in [-0.15, -0.1) is 0 Å². The van der Waals surface area contributed by atoms with Gasteiger partial charge in [0.05, 0.1) is 19.3 Å². The molecule has 4 rings (SSSR count). The van der Waals surface area contributed by atoms with Crippen molar-refractivity contribution in [2.24, 2.45) is 0 Å². The molecule has 1 aromatic heterocycles. The first-order valence-electron chi connectivity index (χ1n) is 9.10. The second-order valence-corrected chi connectivity index (χ2v) is 7.02. The molecule has 2 heterocycles. The van der Waals surface area contributed by atoms with Gasteiger partial charge in [0, 0.05) is 37.8 Å². The molecule has 0 radical (unpaired) electrons. The molecule has 1 saturated heterocycles. The zero-order valence-corrected chi connectivity index (χ0v) is 14.7. The molecule has 7 heteroatoms. The molecular weight excluding hydrogens is 335 g/mol. The number of benzene rings is 1. The van der Waals surface area contributed by atoms with Crippen molar-refractivity contribution in [3.8, 4) is 11.3 Å². The van der Waals surface area contributed by atoms with Crippen LogP contribution in [0.3, 0.4) is 0 Å². The maximum absolute atomic E-state index is 13.0. The standard InChI is InChI=1S/C19H23FN4O2/c20-15-3-1-14(2-4-15)17-11-21-19(26-17)13-24-9-7-23(8-10-24)12-18(25)22-16-5-6-16/h1-4,11,16H,5-10,12-13H2,(H,22,25). The number of amides is 1. The van der Waals surface area contributed by atoms with Crippen LogP contribution < -0.4 is 5.32 Å². The Kier molecular flexibility index (Phi) is 4.99. The highest BCUT2D eigenvalue weighted by Crippen LogP contribution is 2.21. The third-order valence-corrected chi connectivity index (χ3v) is 4.82. The smallest absolute Gasteiger partial charge is 0.234 e. The van der Waals surface area contributed by atoms with Gasteiger partial charge in [-0.05, 0) is 37.1 Å². The Labute approximate surface area is 152 Å². The lowest BCUT2D eigenvalue weighted by Crippen LogP contribution is -2.49. The van der Waals surface area contributed by atoms with Gasteiger partial charge in [0.15, 0.2) is 5.76 Å². The number of aromatic nitrogens is 1. The fourth-order valence-corrected chi connectivity index (χ4v) is 3.13. The normalized spacial score (nSPS) is 18.8. The van der Waals surface area contributed by atoms with Gasteiger partial charge in [0.1, 0.15) is 5.82 Å². The highest BCUT2D eigenvalue weighted by Gasteiger charge is 2.25. The van der Waals surface area contributed by atoms with Crippen molar-refractivity contribution < 1.29 is 13.6 Å². The Morgan fingerprint density at radius 2 is 1.85 bits per heavy atom. The zero-order chi connectivity index (χ0) is 17.9. The largest absolute Gasteiger partial charge is 0.439 e. The quantitative estimate of drug-likeness (QED) is 0.854. The van der Waals surface area contributed by atoms with Crippen molar-refractivity contribution in [2.75, 3.05) is 32.7 Å². The fourth-order valence-electron chi connectivity index (χ4n) is 3.13. The lowest BCUT2D eigenvalue weighted by atomic mass is 10.2. The molecule has 1 amide bonds. The van der Waals surface area contributed by atoms with Crippen molar-refractivity contribution in [3.63, 3.8) is 0 Å². The average molecular weight is 358 g/mol. The monoisotopic (exact) mass is 358 g/mol. The molecule has 1 N–H and O–H groups in total. The van der Waals surface area contributed by atoms with E-state index in [-0.39, 0.29) is 11.7 Å². The summed E-state index contributed by atoms with van der Waals surface area (Å²) >= 11 is 0. The highest BCUT2D eigenvalue weighted by molar-refractivity contribution is 5.78. The van der Waals surface area contributed by atoms with Gasteiger partial charge >= 0.3 is 0 Å². The number of halogens is 1. The second kappa shape index (κ2) is 7.55. The number of carbonyl (C=O) groups is 1. The summed E-state index contributed by atoms with van der Waals surface area (Å²) in [7, 11) is 0. The fraction of sp³-hybridized carbons (Fsp3) is 0.474. The van der Waals surface area contributed by atoms with Gasteiger partial charge in [-0.25, -0.2) is 9.37 Å². The molecule has 0 spiro atoms. The molecular formula is C19H23FN4O2. The molecule has 138 valence electrons. The lowest BCUT2D eigenvalue weighted by Gasteiger charge is -2.33. The van der Waals surface area contributed by atoms with E-state index in [1.807, 2.05) is 0 Å². The Morgan fingerprint density at radius 1 is 1.15 bits per heavy atom. The summed E-state index contributed by atoms with van der Waals surface area (Å²) in [5.74, 6) is 1.18. The van der Waals surface area contributed by atoms with Crippen molar-refractivity contribution in [2.45, 2.75) is 25.4 Å². The number of hydrogen-bond donors (Lipinski definition) is 1. The van der Waals surface area contributed by atoms with Crippen LogP contribution in [-0.4, -0.2) is 59.5 Å². The maximum atomic E-state index is 13.0. The number of carbonyl (C=O) groups excluding carboxylic acids is 1. The van der Waals surface area contributed by atoms with Crippen molar-refractivity contribution in [1.82, 2.24) is 20.1 Å². The average Bonchev–Trinajstić information content (AvgIpc) is 3.32. The van der Waals surface area contributed by atoms with Gasteiger partial charge < -0.3 is 9.73 Å². The first kappa shape index (κ1) is 17.2. The maximum Gasteiger partial charge on any atom is 0.234 e. The van der Waals surface area contributed by atoms with E-state index in [0.29, 0.717) is 30.8 Å². The number of rotatable bonds is 6. The highest BCUT2D eigenvalue weighted by atomic mass is 19.1. The zero-order valence-electron chi connectivity index (χ0n) is 14.7. The second-order valence-electron chi connectivity index (χ2n) is 7.02. The summed E-state index contributed by atoms with van der Waals surface area (Å²) in [6, 6.07) is 6.62. The lowest BCUT2D eigenvalue weighted by molar-refractivity contribution is -0.122. The number of oxazole rings is 1. The molecule has 2 fully saturated rings. The van der Waals surface area contributed by atoms with Gasteiger partial charge in [-0.2, -0.15) is 0 Å². The van der Waals surface area contributed by atoms with Crippen LogP contribution in [0.4, 0.5) is 4.39 Å². The van der Waals surface area contributed by atoms with Crippen molar-refractivity contribution in [3.05, 3.63) is 42.2 Å². The van der Waals surface area contributed by atoms with Crippen LogP contribution in [-0.2, 0) is 11.3 Å². The summed E-state index contributed by atoms with van der Waals surface area (Å²) in [5.41, 5.74) is 0.816. The van der Waals surface area contributed by atoms with Crippen LogP contribution >= 0.6 is 0 Å². The number of piperazine rings is 1. The summed E-state index contributed by atoms with van der Waals surface area (Å²) in [4.78, 5) is 20.7. The Bertz CT molecular complexity index is 749. The molecule has 1 aliphatic heterocycles. The van der Waals surface area contributed by atoms with Gasteiger partial charge in [-0.3, -0.25) is 14.6 Å². The molecule has 1 aromatic carbocycles. The minimum atomic E-state index is -0.267. The van der Waals surface area contributed by atoms with Crippen LogP contribution in [0.15, 0.2) is 34.9 Å². The van der Waals surface area contributed by atoms with E-state index in [4.69, 9.17) is 4.42 Å². The Balaban J connectivity index is 1.25. The van der Waals surface area contributed by atoms with Crippen LogP contribution in [0.1, 0.15) is 18.7 Å². The third-order valence-electron chi connectivity index (χ3n) is 4.82. The number of hydrogen-bond acceptors (Lipinski definition) is 5. The first-order valence-corrected chi connectivity index (χ1v) is 9.10. The molecule has 26 heavy (non-hydrogen) atoms. The van der Waals surface area contributed by atoms with E-state index in [2.05, 4.69) is 20.1 Å². The van der Waals surface area contributed by atoms with E-state index < -0.39 is 0 Å². The van der Waals surface area contributed by atoms with Crippen molar-refractivity contribution in [1.29, 1.82) is 0 Å². The number of nitrogens with zero attached hydrogens (tertiary/aromatic N) is 3. The molecule has 6 nitrogen and oxygen atoms in total. The van der Waals surface area contributed by atoms with E-state index in [0.717, 1.165) is 44.6 Å². The van der Waals surface area contributed by atoms with E-state index in [1.54, 1.807) is 18.3 Å². The van der Waals surface area contributed by atoms with Gasteiger partial charge in [0.2, 0.25) is 11.8 Å². The molecule has 2 aliphatic rings. The Hall–Kier alpha value is -2.25. The van der Waals surface area contributed by atoms with Crippen LogP contribution in [0.2, 0.25) is 0 Å². The molecule has 1 saturated carbocycles. The molecule has 0 unspecified atom stereocenters. The van der Waals surface area contributed by atoms with Crippen LogP contribution in [0.25, 0.3) is 11.3 Å². The molecule has 1 aliphatic carbocycles. The first-order chi connectivity index (χ1) is 12.7. The SMILES string of the molecule is O=C(CN1CCN(Cc2ncc(-c3ccc(F)cc3)o2)CC1)NC1CC1. The third kappa shape index (κ3) is 4.47. The molecule has 2 aromatic rings. The van der Waals surface area contributed by atoms with Crippen molar-refractivity contribution >= 4 is 5.91 Å². The van der Waals surface area contributed by atoms with E-state index in [1.165, 1.54) is 12.1 Å². The summed E-state index contributed by atoms with van der Waals surface area (Å²) < 4.78 is 18.8. The summed E-state index contributed by atoms with van der Waals surface area (Å²) in [5, 5.41) is 3.03. The topological polar surface area (TPSA) is 61.6 Å². The minimum absolute atomic E-state index is 0.137. The summed E-state index contributed by atoms with van der Waals surface area (Å²) in [6.45, 7) is 4.62. The van der Waals surface area contributed by atoms with Gasteiger partial charge in [0.25, 0.3) is 0 Å². The molecule has 0 bridgehead atoms. The predicted octanol–water partition coefficient (Wildman–Crippen LogP) is 1.88. The van der Waals surface area contributed by atoms with Crippen LogP contribution in [0, 0.1) is 5.82 Å². The number of nitrogens with one attached hydrogen (secondary N) is 1. The Morgan fingerprint density at radius 3 is 2.54 bits per heavy atom. The summed E-state index contributed by atoms with van der Waals surface area (Å²) in [6.07, 6.45) is 3.92. The molecule has 0 atom stereocenters. The van der Waals surface area contributed by atoms with Crippen LogP contribution in [0.5, 0.6) is 0 Å².